The van der Waals surface area contributed by atoms with E-state index in [-0.39, 0.29) is 0 Å². The third-order valence-corrected chi connectivity index (χ3v) is 3.99. The Morgan fingerprint density at radius 1 is 1.27 bits per heavy atom. The number of nitriles is 1. The van der Waals surface area contributed by atoms with Crippen LogP contribution in [0.1, 0.15) is 43.7 Å². The number of rotatable bonds is 6. The molecule has 1 unspecified atom stereocenters. The molecule has 1 aliphatic heterocycles. The summed E-state index contributed by atoms with van der Waals surface area (Å²) in [6.45, 7) is 3.21. The van der Waals surface area contributed by atoms with Crippen LogP contribution in [0.3, 0.4) is 0 Å². The van der Waals surface area contributed by atoms with Crippen LogP contribution in [-0.2, 0) is 4.74 Å². The van der Waals surface area contributed by atoms with Crippen molar-refractivity contribution in [2.45, 2.75) is 38.1 Å². The Morgan fingerprint density at radius 3 is 3.00 bits per heavy atom. The third kappa shape index (κ3) is 5.48. The SMILES string of the molecule is N#CCCOCCC#CC[NH+]1CCCC[C@H]1c1cccnc1. The van der Waals surface area contributed by atoms with Crippen molar-refractivity contribution >= 4 is 0 Å². The molecule has 0 radical (unpaired) electrons. The lowest BCUT2D eigenvalue weighted by Crippen LogP contribution is -3.13. The van der Waals surface area contributed by atoms with E-state index in [0.717, 1.165) is 13.0 Å². The van der Waals surface area contributed by atoms with E-state index >= 15 is 0 Å². The first-order valence-electron chi connectivity index (χ1n) is 8.06. The van der Waals surface area contributed by atoms with Crippen LogP contribution >= 0.6 is 0 Å². The van der Waals surface area contributed by atoms with E-state index in [1.807, 2.05) is 18.5 Å². The number of aromatic nitrogens is 1. The number of nitrogens with one attached hydrogen (secondary N) is 1. The quantitative estimate of drug-likeness (QED) is 0.640. The zero-order valence-corrected chi connectivity index (χ0v) is 13.1. The number of hydrogen-bond acceptors (Lipinski definition) is 3. The van der Waals surface area contributed by atoms with Crippen LogP contribution in [0.5, 0.6) is 0 Å². The Morgan fingerprint density at radius 2 is 2.18 bits per heavy atom. The van der Waals surface area contributed by atoms with E-state index in [0.29, 0.717) is 25.7 Å². The lowest BCUT2D eigenvalue weighted by atomic mass is 9.96. The molecular weight excluding hydrogens is 274 g/mol. The summed E-state index contributed by atoms with van der Waals surface area (Å²) in [6, 6.07) is 6.79. The topological polar surface area (TPSA) is 50.3 Å². The van der Waals surface area contributed by atoms with Crippen molar-refractivity contribution in [1.82, 2.24) is 4.98 Å². The van der Waals surface area contributed by atoms with Gasteiger partial charge < -0.3 is 9.64 Å². The molecule has 0 amide bonds. The minimum atomic E-state index is 0.456. The summed E-state index contributed by atoms with van der Waals surface area (Å²) in [5.41, 5.74) is 1.33. The molecule has 2 atom stereocenters. The van der Waals surface area contributed by atoms with E-state index < -0.39 is 0 Å². The molecule has 0 aromatic carbocycles. The summed E-state index contributed by atoms with van der Waals surface area (Å²) >= 11 is 0. The summed E-state index contributed by atoms with van der Waals surface area (Å²) < 4.78 is 5.32. The molecule has 4 nitrogen and oxygen atoms in total. The lowest BCUT2D eigenvalue weighted by Gasteiger charge is -2.31. The van der Waals surface area contributed by atoms with Crippen LogP contribution in [0.15, 0.2) is 24.5 Å². The number of pyridine rings is 1. The van der Waals surface area contributed by atoms with Crippen molar-refractivity contribution in [3.05, 3.63) is 30.1 Å². The third-order valence-electron chi connectivity index (χ3n) is 3.99. The zero-order valence-electron chi connectivity index (χ0n) is 13.1. The second-order valence-electron chi connectivity index (χ2n) is 5.54. The molecule has 0 spiro atoms. The number of nitrogens with zero attached hydrogens (tertiary/aromatic N) is 2. The van der Waals surface area contributed by atoms with Crippen molar-refractivity contribution in [2.75, 3.05) is 26.3 Å². The molecule has 1 aliphatic rings. The van der Waals surface area contributed by atoms with Crippen molar-refractivity contribution in [1.29, 1.82) is 5.26 Å². The molecule has 1 aromatic rings. The maximum Gasteiger partial charge on any atom is 0.139 e. The van der Waals surface area contributed by atoms with Gasteiger partial charge in [0.2, 0.25) is 0 Å². The van der Waals surface area contributed by atoms with Gasteiger partial charge in [0.25, 0.3) is 0 Å². The molecule has 116 valence electrons. The van der Waals surface area contributed by atoms with Crippen LogP contribution in [0.25, 0.3) is 0 Å². The fourth-order valence-corrected chi connectivity index (χ4v) is 2.88. The summed E-state index contributed by atoms with van der Waals surface area (Å²) in [5, 5.41) is 8.40. The van der Waals surface area contributed by atoms with E-state index in [4.69, 9.17) is 10.00 Å². The maximum atomic E-state index is 8.40. The zero-order chi connectivity index (χ0) is 15.5. The molecular formula is C18H24N3O+. The van der Waals surface area contributed by atoms with E-state index in [9.17, 15) is 0 Å². The number of hydrogen-bond donors (Lipinski definition) is 1. The van der Waals surface area contributed by atoms with Crippen molar-refractivity contribution in [3.8, 4) is 17.9 Å². The molecule has 0 saturated carbocycles. The Bertz CT molecular complexity index is 527. The van der Waals surface area contributed by atoms with Gasteiger partial charge in [0.1, 0.15) is 12.6 Å². The second kappa shape index (κ2) is 9.95. The smallest absolute Gasteiger partial charge is 0.139 e. The fraction of sp³-hybridized carbons (Fsp3) is 0.556. The largest absolute Gasteiger partial charge is 0.379 e. The van der Waals surface area contributed by atoms with Gasteiger partial charge in [0.05, 0.1) is 32.2 Å². The van der Waals surface area contributed by atoms with Gasteiger partial charge in [-0.25, -0.2) is 0 Å². The highest BCUT2D eigenvalue weighted by Crippen LogP contribution is 2.17. The summed E-state index contributed by atoms with van der Waals surface area (Å²) in [4.78, 5) is 5.80. The summed E-state index contributed by atoms with van der Waals surface area (Å²) in [7, 11) is 0. The normalized spacial score (nSPS) is 20.7. The highest BCUT2D eigenvalue weighted by Gasteiger charge is 2.26. The first-order valence-corrected chi connectivity index (χ1v) is 8.06. The highest BCUT2D eigenvalue weighted by molar-refractivity contribution is 5.12. The van der Waals surface area contributed by atoms with Gasteiger partial charge in [0, 0.05) is 30.8 Å². The number of likely N-dealkylation sites (tertiary alicyclic amines) is 1. The number of quaternary nitrogens is 1. The average Bonchev–Trinajstić information content (AvgIpc) is 2.58. The summed E-state index contributed by atoms with van der Waals surface area (Å²) in [6.07, 6.45) is 8.83. The first kappa shape index (κ1) is 16.5. The lowest BCUT2D eigenvalue weighted by molar-refractivity contribution is -0.930. The molecule has 1 aromatic heterocycles. The van der Waals surface area contributed by atoms with Gasteiger partial charge in [-0.3, -0.25) is 4.98 Å². The number of ether oxygens (including phenoxy) is 1. The van der Waals surface area contributed by atoms with Gasteiger partial charge in [-0.05, 0) is 24.8 Å². The highest BCUT2D eigenvalue weighted by atomic mass is 16.5. The maximum absolute atomic E-state index is 8.40. The Kier molecular flexibility index (Phi) is 7.46. The molecule has 22 heavy (non-hydrogen) atoms. The van der Waals surface area contributed by atoms with Gasteiger partial charge in [-0.15, -0.1) is 0 Å². The minimum absolute atomic E-state index is 0.456. The van der Waals surface area contributed by atoms with E-state index in [2.05, 4.69) is 29.0 Å². The Labute approximate surface area is 133 Å². The molecule has 2 heterocycles. The van der Waals surface area contributed by atoms with Gasteiger partial charge in [-0.2, -0.15) is 5.26 Å². The van der Waals surface area contributed by atoms with Gasteiger partial charge in [-0.1, -0.05) is 12.0 Å². The summed E-state index contributed by atoms with van der Waals surface area (Å²) in [5.74, 6) is 6.48. The molecule has 1 fully saturated rings. The molecule has 4 heteroatoms. The van der Waals surface area contributed by atoms with Crippen LogP contribution < -0.4 is 4.90 Å². The van der Waals surface area contributed by atoms with Gasteiger partial charge >= 0.3 is 0 Å². The van der Waals surface area contributed by atoms with Crippen molar-refractivity contribution < 1.29 is 9.64 Å². The first-order chi connectivity index (χ1) is 10.9. The van der Waals surface area contributed by atoms with Crippen molar-refractivity contribution in [2.24, 2.45) is 0 Å². The Balaban J connectivity index is 1.77. The standard InChI is InChI=1S/C18H23N3O/c19-10-7-15-22-14-5-1-3-12-21-13-4-2-9-18(21)17-8-6-11-20-16-17/h6,8,11,16,18H,2,4-5,7,9,12-15H2/p+1/t18-/m0/s1. The monoisotopic (exact) mass is 298 g/mol. The second-order valence-corrected chi connectivity index (χ2v) is 5.54. The van der Waals surface area contributed by atoms with Gasteiger partial charge in [0.15, 0.2) is 0 Å². The number of piperidine rings is 1. The minimum Gasteiger partial charge on any atom is -0.379 e. The van der Waals surface area contributed by atoms with E-state index in [1.165, 1.54) is 31.4 Å². The van der Waals surface area contributed by atoms with Crippen LogP contribution in [0.4, 0.5) is 0 Å². The molecule has 1 N–H and O–H groups in total. The van der Waals surface area contributed by atoms with E-state index in [1.54, 1.807) is 4.90 Å². The van der Waals surface area contributed by atoms with Crippen LogP contribution in [-0.4, -0.2) is 31.3 Å². The fourth-order valence-electron chi connectivity index (χ4n) is 2.88. The van der Waals surface area contributed by atoms with Crippen LogP contribution in [0.2, 0.25) is 0 Å². The predicted octanol–water partition coefficient (Wildman–Crippen LogP) is 1.52. The predicted molar refractivity (Wildman–Crippen MR) is 85.0 cm³/mol. The molecule has 1 saturated heterocycles. The molecule has 0 aliphatic carbocycles. The molecule has 0 bridgehead atoms. The van der Waals surface area contributed by atoms with Crippen molar-refractivity contribution in [3.63, 3.8) is 0 Å². The van der Waals surface area contributed by atoms with Crippen LogP contribution in [0, 0.1) is 23.2 Å². The Hall–Kier alpha value is -1.88. The molecule has 2 rings (SSSR count). The average molecular weight is 298 g/mol.